The lowest BCUT2D eigenvalue weighted by molar-refractivity contribution is -0.115. The summed E-state index contributed by atoms with van der Waals surface area (Å²) in [6, 6.07) is 13.7. The average molecular weight is 339 g/mol. The largest absolute Gasteiger partial charge is 0.369 e. The number of aryl methyl sites for hydroxylation is 1. The van der Waals surface area contributed by atoms with Gasteiger partial charge in [0, 0.05) is 6.20 Å². The Morgan fingerprint density at radius 3 is 2.67 bits per heavy atom. The lowest BCUT2D eigenvalue weighted by Crippen LogP contribution is -2.14. The van der Waals surface area contributed by atoms with Gasteiger partial charge in [0.2, 0.25) is 5.91 Å². The lowest BCUT2D eigenvalue weighted by Gasteiger charge is -2.13. The molecule has 0 unspecified atom stereocenters. The first kappa shape index (κ1) is 16.2. The first-order chi connectivity index (χ1) is 11.7. The Bertz CT molecular complexity index is 847. The maximum absolute atomic E-state index is 11.2. The van der Waals surface area contributed by atoms with Crippen LogP contribution in [0, 0.1) is 0 Å². The summed E-state index contributed by atoms with van der Waals surface area (Å²) >= 11 is 1.27. The molecule has 6 nitrogen and oxygen atoms in total. The number of nitrogens with zero attached hydrogens (tertiary/aromatic N) is 4. The minimum atomic E-state index is -0.391. The molecule has 122 valence electrons. The van der Waals surface area contributed by atoms with Gasteiger partial charge in [-0.2, -0.15) is 0 Å². The van der Waals surface area contributed by atoms with Crippen LogP contribution in [0.25, 0.3) is 17.2 Å². The van der Waals surface area contributed by atoms with E-state index in [4.69, 9.17) is 5.73 Å². The van der Waals surface area contributed by atoms with Crippen LogP contribution in [0.5, 0.6) is 0 Å². The van der Waals surface area contributed by atoms with Crippen LogP contribution in [0.15, 0.2) is 53.8 Å². The fourth-order valence-corrected chi connectivity index (χ4v) is 3.09. The van der Waals surface area contributed by atoms with Gasteiger partial charge in [-0.05, 0) is 30.2 Å². The molecule has 2 aromatic heterocycles. The predicted octanol–water partition coefficient (Wildman–Crippen LogP) is 2.47. The molecular weight excluding hydrogens is 322 g/mol. The van der Waals surface area contributed by atoms with Crippen molar-refractivity contribution in [3.05, 3.63) is 54.2 Å². The number of benzene rings is 1. The number of pyridine rings is 1. The van der Waals surface area contributed by atoms with Gasteiger partial charge in [0.05, 0.1) is 11.4 Å². The van der Waals surface area contributed by atoms with E-state index in [9.17, 15) is 4.79 Å². The first-order valence-corrected chi connectivity index (χ1v) is 8.55. The van der Waals surface area contributed by atoms with Crippen molar-refractivity contribution in [2.45, 2.75) is 18.5 Å². The van der Waals surface area contributed by atoms with Crippen LogP contribution in [0.2, 0.25) is 0 Å². The number of carbonyl (C=O) groups excluding carboxylic acids is 1. The van der Waals surface area contributed by atoms with Crippen LogP contribution in [0.1, 0.15) is 12.5 Å². The van der Waals surface area contributed by atoms with Crippen LogP contribution < -0.4 is 5.73 Å². The molecular formula is C17H17N5OS. The molecule has 3 rings (SSSR count). The van der Waals surface area contributed by atoms with Gasteiger partial charge in [-0.25, -0.2) is 0 Å². The molecule has 0 atom stereocenters. The molecule has 2 heterocycles. The molecule has 24 heavy (non-hydrogen) atoms. The lowest BCUT2D eigenvalue weighted by atomic mass is 10.1. The van der Waals surface area contributed by atoms with Gasteiger partial charge in [0.1, 0.15) is 5.69 Å². The highest BCUT2D eigenvalue weighted by atomic mass is 32.2. The smallest absolute Gasteiger partial charge is 0.227 e. The minimum absolute atomic E-state index is 0.147. The van der Waals surface area contributed by atoms with Crippen LogP contribution in [0.4, 0.5) is 0 Å². The minimum Gasteiger partial charge on any atom is -0.369 e. The first-order valence-electron chi connectivity index (χ1n) is 7.57. The molecule has 0 bridgehead atoms. The highest BCUT2D eigenvalue weighted by molar-refractivity contribution is 7.99. The molecule has 0 saturated carbocycles. The van der Waals surface area contributed by atoms with E-state index in [0.717, 1.165) is 23.4 Å². The molecule has 0 spiro atoms. The van der Waals surface area contributed by atoms with Gasteiger partial charge in [0.25, 0.3) is 0 Å². The third kappa shape index (κ3) is 3.30. The number of hydrogen-bond acceptors (Lipinski definition) is 5. The van der Waals surface area contributed by atoms with Gasteiger partial charge in [-0.15, -0.1) is 10.2 Å². The summed E-state index contributed by atoms with van der Waals surface area (Å²) in [6.45, 7) is 2.10. The van der Waals surface area contributed by atoms with Gasteiger partial charge in [-0.3, -0.25) is 14.3 Å². The van der Waals surface area contributed by atoms with Crippen molar-refractivity contribution in [1.82, 2.24) is 19.7 Å². The number of carbonyl (C=O) groups is 1. The average Bonchev–Trinajstić information content (AvgIpc) is 3.04. The predicted molar refractivity (Wildman–Crippen MR) is 93.9 cm³/mol. The highest BCUT2D eigenvalue weighted by Gasteiger charge is 2.19. The number of primary amides is 1. The summed E-state index contributed by atoms with van der Waals surface area (Å²) < 4.78 is 1.94. The van der Waals surface area contributed by atoms with E-state index in [2.05, 4.69) is 28.2 Å². The standard InChI is InChI=1S/C17H17N5OS/c1-2-12-7-3-4-9-14(12)22-16(13-8-5-6-10-19-13)20-21-17(22)24-11-15(18)23/h3-10H,2,11H2,1H3,(H2,18,23). The van der Waals surface area contributed by atoms with Gasteiger partial charge < -0.3 is 5.73 Å². The van der Waals surface area contributed by atoms with Crippen molar-refractivity contribution < 1.29 is 4.79 Å². The Morgan fingerprint density at radius 1 is 1.17 bits per heavy atom. The number of rotatable bonds is 6. The summed E-state index contributed by atoms with van der Waals surface area (Å²) in [5.74, 6) is 0.399. The number of para-hydroxylation sites is 1. The molecule has 1 amide bonds. The third-order valence-corrected chi connectivity index (χ3v) is 4.44. The maximum atomic E-state index is 11.2. The van der Waals surface area contributed by atoms with Gasteiger partial charge in [0.15, 0.2) is 11.0 Å². The second-order valence-electron chi connectivity index (χ2n) is 5.09. The van der Waals surface area contributed by atoms with E-state index in [0.29, 0.717) is 11.0 Å². The molecule has 1 aromatic carbocycles. The number of nitrogens with two attached hydrogens (primary N) is 1. The molecule has 3 aromatic rings. The summed E-state index contributed by atoms with van der Waals surface area (Å²) in [5.41, 5.74) is 8.14. The Kier molecular flexibility index (Phi) is 4.90. The van der Waals surface area contributed by atoms with Crippen molar-refractivity contribution in [3.8, 4) is 17.2 Å². The molecule has 0 aliphatic carbocycles. The molecule has 7 heteroatoms. The zero-order chi connectivity index (χ0) is 16.9. The Hall–Kier alpha value is -2.67. The topological polar surface area (TPSA) is 86.7 Å². The second kappa shape index (κ2) is 7.27. The van der Waals surface area contributed by atoms with Crippen LogP contribution in [-0.2, 0) is 11.2 Å². The normalized spacial score (nSPS) is 10.7. The van der Waals surface area contributed by atoms with Crippen molar-refractivity contribution in [2.24, 2.45) is 5.73 Å². The number of amides is 1. The SMILES string of the molecule is CCc1ccccc1-n1c(SCC(N)=O)nnc1-c1ccccn1. The second-order valence-corrected chi connectivity index (χ2v) is 6.04. The Morgan fingerprint density at radius 2 is 1.96 bits per heavy atom. The summed E-state index contributed by atoms with van der Waals surface area (Å²) in [4.78, 5) is 15.5. The highest BCUT2D eigenvalue weighted by Crippen LogP contribution is 2.28. The van der Waals surface area contributed by atoms with E-state index < -0.39 is 5.91 Å². The van der Waals surface area contributed by atoms with Crippen LogP contribution in [-0.4, -0.2) is 31.4 Å². The molecule has 0 aliphatic rings. The van der Waals surface area contributed by atoms with Crippen molar-refractivity contribution >= 4 is 17.7 Å². The van der Waals surface area contributed by atoms with E-state index in [1.54, 1.807) is 6.20 Å². The quantitative estimate of drug-likeness (QED) is 0.697. The molecule has 0 radical (unpaired) electrons. The summed E-state index contributed by atoms with van der Waals surface area (Å²) in [6.07, 6.45) is 2.59. The van der Waals surface area contributed by atoms with Crippen molar-refractivity contribution in [2.75, 3.05) is 5.75 Å². The van der Waals surface area contributed by atoms with Crippen LogP contribution in [0.3, 0.4) is 0 Å². The summed E-state index contributed by atoms with van der Waals surface area (Å²) in [5, 5.41) is 9.16. The van der Waals surface area contributed by atoms with E-state index in [-0.39, 0.29) is 5.75 Å². The monoisotopic (exact) mass is 339 g/mol. The molecule has 0 aliphatic heterocycles. The van der Waals surface area contributed by atoms with E-state index >= 15 is 0 Å². The third-order valence-electron chi connectivity index (χ3n) is 3.48. The van der Waals surface area contributed by atoms with E-state index in [1.807, 2.05) is 41.0 Å². The molecule has 2 N–H and O–H groups in total. The van der Waals surface area contributed by atoms with Crippen molar-refractivity contribution in [3.63, 3.8) is 0 Å². The van der Waals surface area contributed by atoms with Crippen molar-refractivity contribution in [1.29, 1.82) is 0 Å². The molecule has 0 fully saturated rings. The number of aromatic nitrogens is 4. The fraction of sp³-hybridized carbons (Fsp3) is 0.176. The zero-order valence-electron chi connectivity index (χ0n) is 13.2. The zero-order valence-corrected chi connectivity index (χ0v) is 14.0. The van der Waals surface area contributed by atoms with Gasteiger partial charge >= 0.3 is 0 Å². The van der Waals surface area contributed by atoms with Gasteiger partial charge in [-0.1, -0.05) is 43.0 Å². The summed E-state index contributed by atoms with van der Waals surface area (Å²) in [7, 11) is 0. The Balaban J connectivity index is 2.16. The molecule has 0 saturated heterocycles. The number of thioether (sulfide) groups is 1. The fourth-order valence-electron chi connectivity index (χ4n) is 2.41. The number of hydrogen-bond donors (Lipinski definition) is 1. The Labute approximate surface area is 144 Å². The van der Waals surface area contributed by atoms with Crippen LogP contribution >= 0.6 is 11.8 Å². The maximum Gasteiger partial charge on any atom is 0.227 e. The van der Waals surface area contributed by atoms with E-state index in [1.165, 1.54) is 11.8 Å².